The molecular formula is C27H23Cl3N2O7P2. The number of hydrogen-bond acceptors (Lipinski definition) is 7. The number of rotatable bonds is 6. The molecule has 14 heteroatoms. The topological polar surface area (TPSA) is 128 Å². The summed E-state index contributed by atoms with van der Waals surface area (Å²) in [6.45, 7) is 6.47. The predicted octanol–water partition coefficient (Wildman–Crippen LogP) is 6.86. The average molecular weight is 656 g/mol. The quantitative estimate of drug-likeness (QED) is 0.151. The number of aromatic hydroxyl groups is 1. The van der Waals surface area contributed by atoms with Crippen molar-refractivity contribution < 1.29 is 33.1 Å². The fourth-order valence-electron chi connectivity index (χ4n) is 4.54. The van der Waals surface area contributed by atoms with Gasteiger partial charge in [-0.25, -0.2) is 0 Å². The van der Waals surface area contributed by atoms with E-state index in [9.17, 15) is 23.8 Å². The molecule has 0 spiro atoms. The van der Waals surface area contributed by atoms with E-state index in [0.717, 1.165) is 0 Å². The zero-order chi connectivity index (χ0) is 30.0. The molecule has 1 aliphatic rings. The SMILES string of the molecule is CCOP(C)(=O)c1ccc(C(=O)c2cc(Cl)c3n2-c2c([nH]c(Cl)c2Cl)C(=O)c2ccc(P(C)(C)=O)cc2O3)c(O)c1. The maximum absolute atomic E-state index is 13.9. The largest absolute Gasteiger partial charge is 0.507 e. The van der Waals surface area contributed by atoms with Crippen LogP contribution in [-0.4, -0.2) is 52.8 Å². The van der Waals surface area contributed by atoms with Crippen molar-refractivity contribution in [2.45, 2.75) is 6.92 Å². The summed E-state index contributed by atoms with van der Waals surface area (Å²) < 4.78 is 38.3. The highest BCUT2D eigenvalue weighted by Gasteiger charge is 2.35. The van der Waals surface area contributed by atoms with Crippen molar-refractivity contribution in [1.29, 1.82) is 0 Å². The minimum atomic E-state index is -3.23. The molecule has 4 aromatic rings. The Morgan fingerprint density at radius 2 is 1.73 bits per heavy atom. The Hall–Kier alpha value is -2.77. The molecule has 3 heterocycles. The second kappa shape index (κ2) is 10.5. The van der Waals surface area contributed by atoms with Gasteiger partial charge in [-0.1, -0.05) is 40.9 Å². The van der Waals surface area contributed by atoms with Crippen molar-refractivity contribution in [1.82, 2.24) is 9.55 Å². The molecule has 214 valence electrons. The fraction of sp³-hybridized carbons (Fsp3) is 0.185. The minimum absolute atomic E-state index is 0.0138. The summed E-state index contributed by atoms with van der Waals surface area (Å²) in [4.78, 5) is 30.4. The maximum atomic E-state index is 13.9. The summed E-state index contributed by atoms with van der Waals surface area (Å²) in [5.41, 5.74) is -0.153. The number of phenolic OH excluding ortho intramolecular Hbond substituents is 1. The van der Waals surface area contributed by atoms with Crippen LogP contribution in [0.1, 0.15) is 39.0 Å². The maximum Gasteiger partial charge on any atom is 0.229 e. The molecule has 0 saturated carbocycles. The van der Waals surface area contributed by atoms with Crippen LogP contribution >= 0.6 is 49.3 Å². The molecule has 0 bridgehead atoms. The number of hydrogen-bond donors (Lipinski definition) is 2. The molecule has 1 atom stereocenters. The molecule has 0 fully saturated rings. The Morgan fingerprint density at radius 1 is 1.05 bits per heavy atom. The normalized spacial score (nSPS) is 14.3. The summed E-state index contributed by atoms with van der Waals surface area (Å²) in [7, 11) is -5.98. The lowest BCUT2D eigenvalue weighted by atomic mass is 10.0. The van der Waals surface area contributed by atoms with Gasteiger partial charge in [0.05, 0.1) is 29.1 Å². The molecule has 0 radical (unpaired) electrons. The van der Waals surface area contributed by atoms with Crippen LogP contribution in [0.2, 0.25) is 15.2 Å². The summed E-state index contributed by atoms with van der Waals surface area (Å²) >= 11 is 19.5. The smallest absolute Gasteiger partial charge is 0.229 e. The van der Waals surface area contributed by atoms with Crippen molar-refractivity contribution in [2.24, 2.45) is 0 Å². The van der Waals surface area contributed by atoms with Crippen molar-refractivity contribution in [2.75, 3.05) is 26.6 Å². The number of ether oxygens (including phenoxy) is 1. The lowest BCUT2D eigenvalue weighted by Gasteiger charge is -2.20. The molecule has 2 N–H and O–H groups in total. The molecule has 2 aromatic heterocycles. The third kappa shape index (κ3) is 5.10. The Kier molecular flexibility index (Phi) is 7.61. The molecule has 0 amide bonds. The van der Waals surface area contributed by atoms with Gasteiger partial charge in [-0.2, -0.15) is 0 Å². The number of fused-ring (bicyclic) bond motifs is 4. The first kappa shape index (κ1) is 29.7. The molecule has 1 unspecified atom stereocenters. The lowest BCUT2D eigenvalue weighted by molar-refractivity contribution is 0.101. The van der Waals surface area contributed by atoms with Crippen LogP contribution in [0.15, 0.2) is 42.5 Å². The fourth-order valence-corrected chi connectivity index (χ4v) is 7.38. The van der Waals surface area contributed by atoms with Crippen molar-refractivity contribution >= 4 is 71.5 Å². The number of halogens is 3. The molecule has 41 heavy (non-hydrogen) atoms. The van der Waals surface area contributed by atoms with Gasteiger partial charge in [0.15, 0.2) is 0 Å². The third-order valence-corrected chi connectivity index (χ3v) is 11.1. The van der Waals surface area contributed by atoms with Crippen LogP contribution in [0.4, 0.5) is 0 Å². The summed E-state index contributed by atoms with van der Waals surface area (Å²) in [6, 6.07) is 9.83. The van der Waals surface area contributed by atoms with Gasteiger partial charge in [0.25, 0.3) is 0 Å². The van der Waals surface area contributed by atoms with Crippen LogP contribution in [0.3, 0.4) is 0 Å². The summed E-state index contributed by atoms with van der Waals surface area (Å²) in [5, 5.41) is 11.3. The molecule has 0 aliphatic carbocycles. The van der Waals surface area contributed by atoms with E-state index in [1.54, 1.807) is 26.3 Å². The first-order valence-electron chi connectivity index (χ1n) is 12.2. The van der Waals surface area contributed by atoms with E-state index >= 15 is 0 Å². The monoisotopic (exact) mass is 654 g/mol. The Bertz CT molecular complexity index is 1870. The van der Waals surface area contributed by atoms with E-state index in [4.69, 9.17) is 44.1 Å². The van der Waals surface area contributed by atoms with Gasteiger partial charge in [-0.05, 0) is 56.7 Å². The van der Waals surface area contributed by atoms with Crippen LogP contribution < -0.4 is 15.3 Å². The molecule has 2 aromatic carbocycles. The number of ketones is 2. The van der Waals surface area contributed by atoms with Crippen LogP contribution in [0.5, 0.6) is 17.4 Å². The van der Waals surface area contributed by atoms with Gasteiger partial charge in [0.1, 0.15) is 39.5 Å². The second-order valence-electron chi connectivity index (χ2n) is 9.75. The van der Waals surface area contributed by atoms with Gasteiger partial charge < -0.3 is 23.9 Å². The first-order valence-corrected chi connectivity index (χ1v) is 18.0. The Labute approximate surface area is 250 Å². The minimum Gasteiger partial charge on any atom is -0.507 e. The van der Waals surface area contributed by atoms with Crippen molar-refractivity contribution in [3.8, 4) is 23.1 Å². The Morgan fingerprint density at radius 3 is 2.37 bits per heavy atom. The van der Waals surface area contributed by atoms with E-state index in [-0.39, 0.29) is 66.9 Å². The van der Waals surface area contributed by atoms with Gasteiger partial charge in [0, 0.05) is 17.3 Å². The zero-order valence-corrected chi connectivity index (χ0v) is 26.2. The van der Waals surface area contributed by atoms with E-state index in [1.165, 1.54) is 47.6 Å². The number of benzene rings is 2. The third-order valence-electron chi connectivity index (χ3n) is 6.58. The lowest BCUT2D eigenvalue weighted by Crippen LogP contribution is -2.18. The molecule has 1 aliphatic heterocycles. The van der Waals surface area contributed by atoms with Crippen LogP contribution in [0.25, 0.3) is 5.69 Å². The molecule has 0 saturated heterocycles. The van der Waals surface area contributed by atoms with Crippen molar-refractivity contribution in [3.05, 3.63) is 80.2 Å². The predicted molar refractivity (Wildman–Crippen MR) is 161 cm³/mol. The standard InChI is InChI=1S/C27H23Cl3N2O7P2/c1-5-38-41(4,37)14-7-8-15(19(33)10-14)24(34)18-12-17(28)27-32(18)23-21(29)26(30)31-22(23)25(35)16-9-6-13(40(2,3)36)11-20(16)39-27/h6-12,31,33H,5H2,1-4H3. The molecule has 5 rings (SSSR count). The number of aromatic amines is 1. The number of nitrogens with one attached hydrogen (secondary N) is 1. The zero-order valence-electron chi connectivity index (χ0n) is 22.1. The summed E-state index contributed by atoms with van der Waals surface area (Å²) in [6.07, 6.45) is 0. The van der Waals surface area contributed by atoms with E-state index in [1.807, 2.05) is 0 Å². The Balaban J connectivity index is 1.74. The highest BCUT2D eigenvalue weighted by atomic mass is 35.5. The highest BCUT2D eigenvalue weighted by molar-refractivity contribution is 7.70. The van der Waals surface area contributed by atoms with Gasteiger partial charge in [-0.3, -0.25) is 18.7 Å². The van der Waals surface area contributed by atoms with Crippen LogP contribution in [0, 0.1) is 0 Å². The number of H-pyrrole nitrogens is 1. The summed E-state index contributed by atoms with van der Waals surface area (Å²) in [5.74, 6) is -1.70. The molecule has 9 nitrogen and oxygen atoms in total. The van der Waals surface area contributed by atoms with Gasteiger partial charge in [-0.15, -0.1) is 0 Å². The number of nitrogens with zero attached hydrogens (tertiary/aromatic N) is 1. The average Bonchev–Trinajstić information content (AvgIpc) is 3.36. The van der Waals surface area contributed by atoms with Crippen molar-refractivity contribution in [3.63, 3.8) is 0 Å². The number of carbonyl (C=O) groups excluding carboxylic acids is 2. The number of carbonyl (C=O) groups is 2. The number of aromatic nitrogens is 2. The second-order valence-corrected chi connectivity index (χ2v) is 16.6. The highest BCUT2D eigenvalue weighted by Crippen LogP contribution is 2.47. The molecular weight excluding hydrogens is 633 g/mol. The van der Waals surface area contributed by atoms with Gasteiger partial charge >= 0.3 is 0 Å². The van der Waals surface area contributed by atoms with Gasteiger partial charge in [0.2, 0.25) is 24.8 Å². The number of phenols is 1. The van der Waals surface area contributed by atoms with E-state index in [0.29, 0.717) is 5.30 Å². The first-order chi connectivity index (χ1) is 19.2. The van der Waals surface area contributed by atoms with Crippen LogP contribution in [-0.2, 0) is 13.7 Å². The van der Waals surface area contributed by atoms with E-state index < -0.39 is 31.8 Å². The van der Waals surface area contributed by atoms with E-state index in [2.05, 4.69) is 4.98 Å².